The van der Waals surface area contributed by atoms with Gasteiger partial charge in [-0.1, -0.05) is 49.2 Å². The molecule has 29 heavy (non-hydrogen) atoms. The summed E-state index contributed by atoms with van der Waals surface area (Å²) in [5, 5.41) is 5.74. The number of nitrogens with one attached hydrogen (secondary N) is 2. The molecule has 0 aliphatic rings. The molecule has 0 atom stereocenters. The first-order valence-electron chi connectivity index (χ1n) is 9.42. The zero-order chi connectivity index (χ0) is 21.4. The minimum absolute atomic E-state index is 0.138. The van der Waals surface area contributed by atoms with Crippen molar-refractivity contribution in [3.8, 4) is 0 Å². The number of carbonyl (C=O) groups is 3. The van der Waals surface area contributed by atoms with Gasteiger partial charge >= 0.3 is 0 Å². The van der Waals surface area contributed by atoms with Crippen molar-refractivity contribution >= 4 is 35.0 Å². The molecule has 0 bridgehead atoms. The number of rotatable bonds is 8. The number of nitrogens with zero attached hydrogens (tertiary/aromatic N) is 1. The number of hydrogen-bond acceptors (Lipinski definition) is 3. The van der Waals surface area contributed by atoms with Gasteiger partial charge in [0.2, 0.25) is 11.8 Å². The van der Waals surface area contributed by atoms with Crippen molar-refractivity contribution in [1.82, 2.24) is 10.2 Å². The highest BCUT2D eigenvalue weighted by Crippen LogP contribution is 2.14. The molecule has 0 spiro atoms. The molecule has 2 aromatic carbocycles. The molecule has 0 fully saturated rings. The molecule has 0 radical (unpaired) electrons. The summed E-state index contributed by atoms with van der Waals surface area (Å²) >= 11 is 5.97. The molecule has 2 N–H and O–H groups in total. The van der Waals surface area contributed by atoms with E-state index >= 15 is 0 Å². The predicted octanol–water partition coefficient (Wildman–Crippen LogP) is 3.50. The van der Waals surface area contributed by atoms with Crippen molar-refractivity contribution in [3.63, 3.8) is 0 Å². The Labute approximate surface area is 176 Å². The third-order valence-electron chi connectivity index (χ3n) is 4.06. The lowest BCUT2D eigenvalue weighted by Crippen LogP contribution is -2.44. The third kappa shape index (κ3) is 7.58. The standard InChI is InChI=1S/C22H26ClN3O3/c1-15(2)13-26(22(29)17-5-4-6-18(23)11-17)14-21(28)24-12-20(27)25-19-9-7-16(3)8-10-19/h4-11,15H,12-14H2,1-3H3,(H,24,28)(H,25,27). The first-order valence-corrected chi connectivity index (χ1v) is 9.80. The Morgan fingerprint density at radius 2 is 1.72 bits per heavy atom. The van der Waals surface area contributed by atoms with Crippen LogP contribution in [0, 0.1) is 12.8 Å². The van der Waals surface area contributed by atoms with Gasteiger partial charge in [-0.2, -0.15) is 0 Å². The Morgan fingerprint density at radius 1 is 1.03 bits per heavy atom. The first-order chi connectivity index (χ1) is 13.7. The average molecular weight is 416 g/mol. The maximum atomic E-state index is 12.8. The molecule has 0 aliphatic heterocycles. The molecule has 0 aromatic heterocycles. The van der Waals surface area contributed by atoms with E-state index in [2.05, 4.69) is 10.6 Å². The van der Waals surface area contributed by atoms with Crippen LogP contribution in [0.2, 0.25) is 5.02 Å². The monoisotopic (exact) mass is 415 g/mol. The smallest absolute Gasteiger partial charge is 0.254 e. The van der Waals surface area contributed by atoms with Crippen molar-refractivity contribution in [3.05, 3.63) is 64.7 Å². The van der Waals surface area contributed by atoms with E-state index in [1.54, 1.807) is 36.4 Å². The van der Waals surface area contributed by atoms with Gasteiger partial charge in [-0.15, -0.1) is 0 Å². The molecular weight excluding hydrogens is 390 g/mol. The van der Waals surface area contributed by atoms with E-state index in [1.807, 2.05) is 32.9 Å². The summed E-state index contributed by atoms with van der Waals surface area (Å²) in [6.07, 6.45) is 0. The van der Waals surface area contributed by atoms with Gasteiger partial charge in [0.05, 0.1) is 13.1 Å². The second-order valence-electron chi connectivity index (χ2n) is 7.28. The molecule has 2 rings (SSSR count). The van der Waals surface area contributed by atoms with Crippen molar-refractivity contribution in [2.24, 2.45) is 5.92 Å². The van der Waals surface area contributed by atoms with Gasteiger partial charge in [0.1, 0.15) is 0 Å². The Morgan fingerprint density at radius 3 is 2.34 bits per heavy atom. The molecule has 0 heterocycles. The van der Waals surface area contributed by atoms with E-state index in [0.717, 1.165) is 5.56 Å². The molecule has 0 unspecified atom stereocenters. The number of amides is 3. The van der Waals surface area contributed by atoms with Crippen LogP contribution in [0.4, 0.5) is 5.69 Å². The predicted molar refractivity (Wildman–Crippen MR) is 115 cm³/mol. The minimum Gasteiger partial charge on any atom is -0.345 e. The molecule has 7 heteroatoms. The summed E-state index contributed by atoms with van der Waals surface area (Å²) in [5.74, 6) is -0.838. The summed E-state index contributed by atoms with van der Waals surface area (Å²) in [4.78, 5) is 38.6. The van der Waals surface area contributed by atoms with E-state index in [1.165, 1.54) is 4.90 Å². The highest BCUT2D eigenvalue weighted by atomic mass is 35.5. The summed E-state index contributed by atoms with van der Waals surface area (Å²) < 4.78 is 0. The SMILES string of the molecule is Cc1ccc(NC(=O)CNC(=O)CN(CC(C)C)C(=O)c2cccc(Cl)c2)cc1. The van der Waals surface area contributed by atoms with Crippen LogP contribution in [0.3, 0.4) is 0 Å². The maximum absolute atomic E-state index is 12.8. The number of benzene rings is 2. The van der Waals surface area contributed by atoms with Crippen LogP contribution in [-0.2, 0) is 9.59 Å². The largest absolute Gasteiger partial charge is 0.345 e. The first kappa shape index (κ1) is 22.4. The fourth-order valence-electron chi connectivity index (χ4n) is 2.71. The van der Waals surface area contributed by atoms with Crippen molar-refractivity contribution in [2.45, 2.75) is 20.8 Å². The lowest BCUT2D eigenvalue weighted by Gasteiger charge is -2.24. The summed E-state index contributed by atoms with van der Waals surface area (Å²) in [6.45, 7) is 5.99. The Bertz CT molecular complexity index is 866. The highest BCUT2D eigenvalue weighted by molar-refractivity contribution is 6.31. The van der Waals surface area contributed by atoms with Crippen molar-refractivity contribution in [1.29, 1.82) is 0 Å². The third-order valence-corrected chi connectivity index (χ3v) is 4.30. The van der Waals surface area contributed by atoms with E-state index in [-0.39, 0.29) is 30.8 Å². The molecule has 154 valence electrons. The van der Waals surface area contributed by atoms with Crippen molar-refractivity contribution < 1.29 is 14.4 Å². The van der Waals surface area contributed by atoms with Crippen LogP contribution in [0.1, 0.15) is 29.8 Å². The van der Waals surface area contributed by atoms with Gasteiger partial charge in [-0.05, 0) is 43.2 Å². The van der Waals surface area contributed by atoms with E-state index in [0.29, 0.717) is 22.8 Å². The molecule has 0 saturated carbocycles. The Balaban J connectivity index is 1.92. The summed E-state index contributed by atoms with van der Waals surface area (Å²) in [6, 6.07) is 14.0. The van der Waals surface area contributed by atoms with Gasteiger partial charge in [0, 0.05) is 22.8 Å². The van der Waals surface area contributed by atoms with E-state index < -0.39 is 5.91 Å². The number of anilines is 1. The van der Waals surface area contributed by atoms with Gasteiger partial charge < -0.3 is 15.5 Å². The zero-order valence-corrected chi connectivity index (χ0v) is 17.6. The van der Waals surface area contributed by atoms with Crippen LogP contribution < -0.4 is 10.6 Å². The van der Waals surface area contributed by atoms with Crippen LogP contribution >= 0.6 is 11.6 Å². The fourth-order valence-corrected chi connectivity index (χ4v) is 2.90. The highest BCUT2D eigenvalue weighted by Gasteiger charge is 2.20. The van der Waals surface area contributed by atoms with E-state index in [9.17, 15) is 14.4 Å². The van der Waals surface area contributed by atoms with Gasteiger partial charge in [0.25, 0.3) is 5.91 Å². The number of halogens is 1. The lowest BCUT2D eigenvalue weighted by atomic mass is 10.1. The number of hydrogen-bond donors (Lipinski definition) is 2. The molecule has 3 amide bonds. The molecule has 0 saturated heterocycles. The van der Waals surface area contributed by atoms with Crippen LogP contribution in [-0.4, -0.2) is 42.3 Å². The quantitative estimate of drug-likeness (QED) is 0.692. The van der Waals surface area contributed by atoms with Crippen LogP contribution in [0.25, 0.3) is 0 Å². The fraction of sp³-hybridized carbons (Fsp3) is 0.318. The maximum Gasteiger partial charge on any atom is 0.254 e. The van der Waals surface area contributed by atoms with Gasteiger partial charge in [-0.25, -0.2) is 0 Å². The molecular formula is C22H26ClN3O3. The summed E-state index contributed by atoms with van der Waals surface area (Å²) in [5.41, 5.74) is 2.17. The molecule has 0 aliphatic carbocycles. The Hall–Kier alpha value is -2.86. The summed E-state index contributed by atoms with van der Waals surface area (Å²) in [7, 11) is 0. The zero-order valence-electron chi connectivity index (χ0n) is 16.9. The Kier molecular flexibility index (Phi) is 8.21. The minimum atomic E-state index is -0.403. The average Bonchev–Trinajstić information content (AvgIpc) is 2.67. The second-order valence-corrected chi connectivity index (χ2v) is 7.72. The molecule has 6 nitrogen and oxygen atoms in total. The second kappa shape index (κ2) is 10.6. The van der Waals surface area contributed by atoms with E-state index in [4.69, 9.17) is 11.6 Å². The normalized spacial score (nSPS) is 10.5. The number of carbonyl (C=O) groups excluding carboxylic acids is 3. The van der Waals surface area contributed by atoms with Crippen LogP contribution in [0.5, 0.6) is 0 Å². The van der Waals surface area contributed by atoms with Gasteiger partial charge in [0.15, 0.2) is 0 Å². The number of aryl methyl sites for hydroxylation is 1. The van der Waals surface area contributed by atoms with Crippen molar-refractivity contribution in [2.75, 3.05) is 25.0 Å². The molecule has 2 aromatic rings. The lowest BCUT2D eigenvalue weighted by molar-refractivity contribution is -0.124. The van der Waals surface area contributed by atoms with Crippen LogP contribution in [0.15, 0.2) is 48.5 Å². The van der Waals surface area contributed by atoms with Gasteiger partial charge in [-0.3, -0.25) is 14.4 Å². The topological polar surface area (TPSA) is 78.5 Å².